The van der Waals surface area contributed by atoms with E-state index in [2.05, 4.69) is 13.9 Å². The Morgan fingerprint density at radius 2 is 2.10 bits per heavy atom. The number of aryl methyl sites for hydroxylation is 1. The van der Waals surface area contributed by atoms with Crippen LogP contribution in [0.15, 0.2) is 0 Å². The van der Waals surface area contributed by atoms with Crippen LogP contribution in [0.2, 0.25) is 4.47 Å². The predicted octanol–water partition coefficient (Wildman–Crippen LogP) is 1.74. The van der Waals surface area contributed by atoms with Crippen LogP contribution in [0.25, 0.3) is 0 Å². The molecule has 0 amide bonds. The van der Waals surface area contributed by atoms with Crippen molar-refractivity contribution in [2.24, 2.45) is 0 Å². The molecule has 10 heteroatoms. The summed E-state index contributed by atoms with van der Waals surface area (Å²) in [5.41, 5.74) is 0.674. The molecule has 0 aliphatic carbocycles. The molecule has 1 saturated heterocycles. The lowest BCUT2D eigenvalue weighted by atomic mass is 10.2. The second-order valence-corrected chi connectivity index (χ2v) is 7.72. The topological polar surface area (TPSA) is 86.8 Å². The van der Waals surface area contributed by atoms with Crippen LogP contribution in [-0.2, 0) is 24.0 Å². The molecular formula is C10H15ClN2O5S2. The van der Waals surface area contributed by atoms with Crippen molar-refractivity contribution in [3.8, 4) is 0 Å². The van der Waals surface area contributed by atoms with Crippen molar-refractivity contribution >= 4 is 33.2 Å². The molecule has 114 valence electrons. The Balaban J connectivity index is 2.31. The largest absolute Gasteiger partial charge is 0.337 e. The molecule has 7 nitrogen and oxygen atoms in total. The van der Waals surface area contributed by atoms with Gasteiger partial charge in [-0.25, -0.2) is 4.98 Å². The quantitative estimate of drug-likeness (QED) is 0.896. The molecule has 2 heterocycles. The van der Waals surface area contributed by atoms with Gasteiger partial charge in [0.1, 0.15) is 6.10 Å². The van der Waals surface area contributed by atoms with Gasteiger partial charge in [0, 0.05) is 0 Å². The summed E-state index contributed by atoms with van der Waals surface area (Å²) in [7, 11) is -2.84. The van der Waals surface area contributed by atoms with Crippen molar-refractivity contribution in [2.75, 3.05) is 7.11 Å². The van der Waals surface area contributed by atoms with Crippen LogP contribution < -0.4 is 4.72 Å². The number of nitrogens with zero attached hydrogens (tertiary/aromatic N) is 1. The average molecular weight is 343 g/mol. The number of nitrogens with one attached hydrogen (secondary N) is 1. The van der Waals surface area contributed by atoms with Gasteiger partial charge in [0.2, 0.25) is 0 Å². The summed E-state index contributed by atoms with van der Waals surface area (Å²) in [5, 5.41) is 0. The van der Waals surface area contributed by atoms with E-state index >= 15 is 0 Å². The highest BCUT2D eigenvalue weighted by Crippen LogP contribution is 2.41. The van der Waals surface area contributed by atoms with Gasteiger partial charge < -0.3 is 9.47 Å². The molecule has 1 N–H and O–H groups in total. The van der Waals surface area contributed by atoms with Crippen molar-refractivity contribution in [3.63, 3.8) is 0 Å². The van der Waals surface area contributed by atoms with Gasteiger partial charge in [-0.3, -0.25) is 4.18 Å². The minimum atomic E-state index is -3.90. The highest BCUT2D eigenvalue weighted by molar-refractivity contribution is 7.84. The Morgan fingerprint density at radius 3 is 2.60 bits per heavy atom. The lowest BCUT2D eigenvalue weighted by Gasteiger charge is -2.16. The maximum Gasteiger partial charge on any atom is 0.337 e. The highest BCUT2D eigenvalue weighted by atomic mass is 35.5. The lowest BCUT2D eigenvalue weighted by Crippen LogP contribution is -2.39. The zero-order valence-electron chi connectivity index (χ0n) is 11.3. The van der Waals surface area contributed by atoms with Crippen molar-refractivity contribution < 1.29 is 22.1 Å². The summed E-state index contributed by atoms with van der Waals surface area (Å²) in [4.78, 5) is 4.81. The van der Waals surface area contributed by atoms with Crippen molar-refractivity contribution in [2.45, 2.75) is 38.9 Å². The predicted molar refractivity (Wildman–Crippen MR) is 73.7 cm³/mol. The number of halogens is 1. The minimum Gasteiger partial charge on any atom is -0.337 e. The summed E-state index contributed by atoms with van der Waals surface area (Å²) in [6.07, 6.45) is -1.55. The van der Waals surface area contributed by atoms with E-state index < -0.39 is 28.4 Å². The zero-order chi connectivity index (χ0) is 15.1. The molecule has 1 fully saturated rings. The highest BCUT2D eigenvalue weighted by Gasteiger charge is 2.45. The number of hydrogen-bond donors (Lipinski definition) is 1. The molecule has 2 atom stereocenters. The van der Waals surface area contributed by atoms with E-state index in [1.165, 1.54) is 11.3 Å². The Hall–Kier alpha value is -0.290. The van der Waals surface area contributed by atoms with Crippen molar-refractivity contribution in [1.29, 1.82) is 0 Å². The first-order chi connectivity index (χ1) is 9.13. The van der Waals surface area contributed by atoms with Crippen LogP contribution in [-0.4, -0.2) is 32.5 Å². The maximum atomic E-state index is 11.5. The van der Waals surface area contributed by atoms with Crippen molar-refractivity contribution in [3.05, 3.63) is 15.0 Å². The third kappa shape index (κ3) is 3.48. The van der Waals surface area contributed by atoms with E-state index in [9.17, 15) is 8.42 Å². The first-order valence-electron chi connectivity index (χ1n) is 5.70. The molecule has 1 aliphatic rings. The summed E-state index contributed by atoms with van der Waals surface area (Å²) < 4.78 is 41.4. The summed E-state index contributed by atoms with van der Waals surface area (Å²) in [6.45, 7) is 5.16. The van der Waals surface area contributed by atoms with Gasteiger partial charge in [0.25, 0.3) is 0 Å². The standard InChI is InChI=1S/C10H15ClN2O5S2/c1-5-7(19-9(11)12-5)6-8(13-20(14,15)16-4)18-10(2,3)17-6/h6,8,13H,1-4H3/t6-,8-/m0/s1. The lowest BCUT2D eigenvalue weighted by molar-refractivity contribution is -0.147. The molecule has 0 unspecified atom stereocenters. The van der Waals surface area contributed by atoms with Crippen LogP contribution in [0.5, 0.6) is 0 Å². The molecule has 0 aromatic carbocycles. The Bertz CT molecular complexity index is 601. The first kappa shape index (κ1) is 16.1. The van der Waals surface area contributed by atoms with Gasteiger partial charge >= 0.3 is 10.3 Å². The number of rotatable bonds is 4. The van der Waals surface area contributed by atoms with Crippen LogP contribution in [0, 0.1) is 6.92 Å². The third-order valence-electron chi connectivity index (χ3n) is 2.64. The molecular weight excluding hydrogens is 328 g/mol. The van der Waals surface area contributed by atoms with Gasteiger partial charge in [-0.1, -0.05) is 11.6 Å². The molecule has 1 aliphatic heterocycles. The van der Waals surface area contributed by atoms with E-state index in [1.54, 1.807) is 20.8 Å². The second-order valence-electron chi connectivity index (χ2n) is 4.63. The molecule has 0 bridgehead atoms. The number of hydrogen-bond acceptors (Lipinski definition) is 7. The molecule has 1 aromatic rings. The van der Waals surface area contributed by atoms with Crippen LogP contribution in [0.4, 0.5) is 0 Å². The van der Waals surface area contributed by atoms with Gasteiger partial charge in [-0.05, 0) is 20.8 Å². The van der Waals surface area contributed by atoms with Crippen LogP contribution in [0.3, 0.4) is 0 Å². The van der Waals surface area contributed by atoms with Gasteiger partial charge in [0.15, 0.2) is 16.5 Å². The van der Waals surface area contributed by atoms with Gasteiger partial charge in [-0.2, -0.15) is 13.1 Å². The molecule has 0 radical (unpaired) electrons. The van der Waals surface area contributed by atoms with E-state index in [1.807, 2.05) is 0 Å². The van der Waals surface area contributed by atoms with Gasteiger partial charge in [-0.15, -0.1) is 11.3 Å². The molecule has 20 heavy (non-hydrogen) atoms. The normalized spacial score (nSPS) is 26.1. The van der Waals surface area contributed by atoms with Gasteiger partial charge in [0.05, 0.1) is 17.7 Å². The van der Waals surface area contributed by atoms with E-state index in [0.717, 1.165) is 7.11 Å². The SMILES string of the molecule is COS(=O)(=O)N[C@H]1OC(C)(C)O[C@H]1c1sc(Cl)nc1C. The fourth-order valence-electron chi connectivity index (χ4n) is 1.87. The zero-order valence-corrected chi connectivity index (χ0v) is 13.7. The maximum absolute atomic E-state index is 11.5. The van der Waals surface area contributed by atoms with E-state index in [-0.39, 0.29) is 0 Å². The van der Waals surface area contributed by atoms with Crippen LogP contribution in [0.1, 0.15) is 30.5 Å². The smallest absolute Gasteiger partial charge is 0.337 e. The summed E-state index contributed by atoms with van der Waals surface area (Å²) >= 11 is 7.09. The molecule has 2 rings (SSSR count). The Kier molecular flexibility index (Phi) is 4.41. The van der Waals surface area contributed by atoms with Crippen molar-refractivity contribution in [1.82, 2.24) is 9.71 Å². The van der Waals surface area contributed by atoms with E-state index in [0.29, 0.717) is 15.0 Å². The number of aromatic nitrogens is 1. The van der Waals surface area contributed by atoms with Crippen LogP contribution >= 0.6 is 22.9 Å². The summed E-state index contributed by atoms with van der Waals surface area (Å²) in [5.74, 6) is -0.936. The number of thiazole rings is 1. The summed E-state index contributed by atoms with van der Waals surface area (Å²) in [6, 6.07) is 0. The minimum absolute atomic E-state index is 0.360. The molecule has 0 saturated carbocycles. The second kappa shape index (κ2) is 5.48. The average Bonchev–Trinajstić information content (AvgIpc) is 2.77. The van der Waals surface area contributed by atoms with E-state index in [4.69, 9.17) is 21.1 Å². The first-order valence-corrected chi connectivity index (χ1v) is 8.30. The Labute approximate surface area is 126 Å². The Morgan fingerprint density at radius 1 is 1.45 bits per heavy atom. The third-order valence-corrected chi connectivity index (χ3v) is 4.92. The monoisotopic (exact) mass is 342 g/mol. The molecule has 0 spiro atoms. The number of ether oxygens (including phenoxy) is 2. The fraction of sp³-hybridized carbons (Fsp3) is 0.700. The fourth-order valence-corrected chi connectivity index (χ4v) is 3.64. The molecule has 1 aromatic heterocycles.